The lowest BCUT2D eigenvalue weighted by Crippen LogP contribution is -2.52. The monoisotopic (exact) mass is 221 g/mol. The van der Waals surface area contributed by atoms with Gasteiger partial charge in [0.05, 0.1) is 0 Å². The predicted octanol–water partition coefficient (Wildman–Crippen LogP) is 3.47. The fourth-order valence-electron chi connectivity index (χ4n) is 2.10. The zero-order chi connectivity index (χ0) is 10.9. The average Bonchev–Trinajstić information content (AvgIpc) is 2.20. The predicted molar refractivity (Wildman–Crippen MR) is 67.4 cm³/mol. The molecule has 1 unspecified atom stereocenters. The van der Waals surface area contributed by atoms with Crippen LogP contribution in [0.25, 0.3) is 0 Å². The van der Waals surface area contributed by atoms with Crippen molar-refractivity contribution in [3.05, 3.63) is 29.8 Å². The average molecular weight is 221 g/mol. The van der Waals surface area contributed by atoms with E-state index in [1.807, 2.05) is 11.8 Å². The summed E-state index contributed by atoms with van der Waals surface area (Å²) in [5.74, 6) is 1.15. The highest BCUT2D eigenvalue weighted by Crippen LogP contribution is 2.40. The third-order valence-corrected chi connectivity index (χ3v) is 3.96. The highest BCUT2D eigenvalue weighted by molar-refractivity contribution is 7.99. The Hall–Kier alpha value is -0.470. The van der Waals surface area contributed by atoms with E-state index in [2.05, 4.69) is 50.4 Å². The normalized spacial score (nSPS) is 23.5. The Bertz CT molecular complexity index is 329. The molecular weight excluding hydrogens is 202 g/mol. The molecule has 15 heavy (non-hydrogen) atoms. The van der Waals surface area contributed by atoms with Crippen molar-refractivity contribution in [2.45, 2.75) is 31.7 Å². The van der Waals surface area contributed by atoms with Gasteiger partial charge in [-0.05, 0) is 28.9 Å². The first-order chi connectivity index (χ1) is 7.13. The molecular formula is C13H19NS. The summed E-state index contributed by atoms with van der Waals surface area (Å²) in [5.41, 5.74) is 1.84. The first kappa shape index (κ1) is 11.0. The first-order valence-electron chi connectivity index (χ1n) is 5.59. The number of hydrogen-bond acceptors (Lipinski definition) is 2. The molecule has 0 radical (unpaired) electrons. The molecule has 0 aromatic heterocycles. The lowest BCUT2D eigenvalue weighted by atomic mass is 9.74. The standard InChI is InChI=1S/C13H19NS/c1-4-15-11-7-5-10(6-8-11)12-13(2,3)9-14-12/h5-8,12,14H,4,9H2,1-3H3. The molecule has 1 heterocycles. The number of nitrogens with one attached hydrogen (secondary N) is 1. The minimum absolute atomic E-state index is 0.416. The molecule has 0 amide bonds. The van der Waals surface area contributed by atoms with Crippen LogP contribution < -0.4 is 5.32 Å². The molecule has 0 spiro atoms. The Labute approximate surface area is 96.7 Å². The van der Waals surface area contributed by atoms with Crippen LogP contribution in [0, 0.1) is 5.41 Å². The van der Waals surface area contributed by atoms with E-state index in [-0.39, 0.29) is 0 Å². The van der Waals surface area contributed by atoms with Gasteiger partial charge in [0, 0.05) is 17.5 Å². The number of benzene rings is 1. The Morgan fingerprint density at radius 1 is 1.33 bits per heavy atom. The van der Waals surface area contributed by atoms with Crippen LogP contribution in [-0.4, -0.2) is 12.3 Å². The molecule has 1 aromatic rings. The van der Waals surface area contributed by atoms with Gasteiger partial charge in [-0.15, -0.1) is 11.8 Å². The Morgan fingerprint density at radius 3 is 2.40 bits per heavy atom. The molecule has 1 N–H and O–H groups in total. The maximum atomic E-state index is 3.50. The topological polar surface area (TPSA) is 12.0 Å². The second kappa shape index (κ2) is 4.18. The molecule has 1 aliphatic rings. The molecule has 2 heteroatoms. The third kappa shape index (κ3) is 2.21. The fourth-order valence-corrected chi connectivity index (χ4v) is 2.77. The number of rotatable bonds is 3. The van der Waals surface area contributed by atoms with Crippen LogP contribution in [0.15, 0.2) is 29.2 Å². The maximum absolute atomic E-state index is 3.50. The molecule has 1 fully saturated rings. The highest BCUT2D eigenvalue weighted by atomic mass is 32.2. The van der Waals surface area contributed by atoms with Crippen molar-refractivity contribution in [2.75, 3.05) is 12.3 Å². The van der Waals surface area contributed by atoms with E-state index < -0.39 is 0 Å². The van der Waals surface area contributed by atoms with E-state index in [1.165, 1.54) is 10.5 Å². The molecule has 2 rings (SSSR count). The second-order valence-electron chi connectivity index (χ2n) is 4.80. The largest absolute Gasteiger partial charge is 0.309 e. The third-order valence-electron chi connectivity index (χ3n) is 3.07. The van der Waals surface area contributed by atoms with Gasteiger partial charge in [-0.2, -0.15) is 0 Å². The smallest absolute Gasteiger partial charge is 0.0384 e. The van der Waals surface area contributed by atoms with Crippen LogP contribution in [-0.2, 0) is 0 Å². The summed E-state index contributed by atoms with van der Waals surface area (Å²) in [6, 6.07) is 9.53. The first-order valence-corrected chi connectivity index (χ1v) is 6.58. The Morgan fingerprint density at radius 2 is 2.00 bits per heavy atom. The van der Waals surface area contributed by atoms with Gasteiger partial charge < -0.3 is 5.32 Å². The molecule has 1 aliphatic heterocycles. The van der Waals surface area contributed by atoms with Gasteiger partial charge in [0.1, 0.15) is 0 Å². The minimum Gasteiger partial charge on any atom is -0.309 e. The zero-order valence-electron chi connectivity index (χ0n) is 9.71. The van der Waals surface area contributed by atoms with Gasteiger partial charge in [-0.1, -0.05) is 32.9 Å². The molecule has 1 nitrogen and oxygen atoms in total. The van der Waals surface area contributed by atoms with E-state index in [0.717, 1.165) is 12.3 Å². The lowest BCUT2D eigenvalue weighted by molar-refractivity contribution is 0.128. The summed E-state index contributed by atoms with van der Waals surface area (Å²) < 4.78 is 0. The van der Waals surface area contributed by atoms with Crippen LogP contribution in [0.1, 0.15) is 32.4 Å². The zero-order valence-corrected chi connectivity index (χ0v) is 10.5. The number of thioether (sulfide) groups is 1. The summed E-state index contributed by atoms with van der Waals surface area (Å²) in [6.45, 7) is 7.96. The maximum Gasteiger partial charge on any atom is 0.0384 e. The quantitative estimate of drug-likeness (QED) is 0.784. The lowest BCUT2D eigenvalue weighted by Gasteiger charge is -2.46. The van der Waals surface area contributed by atoms with Crippen LogP contribution in [0.3, 0.4) is 0 Å². The van der Waals surface area contributed by atoms with Crippen LogP contribution >= 0.6 is 11.8 Å². The summed E-state index contributed by atoms with van der Waals surface area (Å²) in [4.78, 5) is 1.37. The van der Waals surface area contributed by atoms with Crippen molar-refractivity contribution in [2.24, 2.45) is 5.41 Å². The van der Waals surface area contributed by atoms with Gasteiger partial charge in [0.15, 0.2) is 0 Å². The molecule has 0 bridgehead atoms. The van der Waals surface area contributed by atoms with Gasteiger partial charge in [0.2, 0.25) is 0 Å². The molecule has 0 saturated carbocycles. The summed E-state index contributed by atoms with van der Waals surface area (Å²) in [5, 5.41) is 3.50. The van der Waals surface area contributed by atoms with Crippen molar-refractivity contribution in [1.82, 2.24) is 5.32 Å². The van der Waals surface area contributed by atoms with Gasteiger partial charge in [-0.3, -0.25) is 0 Å². The van der Waals surface area contributed by atoms with Gasteiger partial charge >= 0.3 is 0 Å². The summed E-state index contributed by atoms with van der Waals surface area (Å²) in [7, 11) is 0. The van der Waals surface area contributed by atoms with E-state index in [4.69, 9.17) is 0 Å². The van der Waals surface area contributed by atoms with E-state index in [0.29, 0.717) is 11.5 Å². The molecule has 1 aromatic carbocycles. The van der Waals surface area contributed by atoms with Crippen molar-refractivity contribution in [3.63, 3.8) is 0 Å². The number of hydrogen-bond donors (Lipinski definition) is 1. The van der Waals surface area contributed by atoms with Gasteiger partial charge in [0.25, 0.3) is 0 Å². The molecule has 1 saturated heterocycles. The summed E-state index contributed by atoms with van der Waals surface area (Å²) in [6.07, 6.45) is 0. The Kier molecular flexibility index (Phi) is 3.08. The second-order valence-corrected chi connectivity index (χ2v) is 6.14. The Balaban J connectivity index is 2.10. The molecule has 82 valence electrons. The van der Waals surface area contributed by atoms with E-state index in [9.17, 15) is 0 Å². The molecule has 1 atom stereocenters. The highest BCUT2D eigenvalue weighted by Gasteiger charge is 2.38. The van der Waals surface area contributed by atoms with Crippen LogP contribution in [0.2, 0.25) is 0 Å². The van der Waals surface area contributed by atoms with Crippen LogP contribution in [0.5, 0.6) is 0 Å². The summed E-state index contributed by atoms with van der Waals surface area (Å²) >= 11 is 1.90. The van der Waals surface area contributed by atoms with Crippen LogP contribution in [0.4, 0.5) is 0 Å². The molecule has 0 aliphatic carbocycles. The van der Waals surface area contributed by atoms with E-state index >= 15 is 0 Å². The van der Waals surface area contributed by atoms with Crippen molar-refractivity contribution in [3.8, 4) is 0 Å². The van der Waals surface area contributed by atoms with Gasteiger partial charge in [-0.25, -0.2) is 0 Å². The van der Waals surface area contributed by atoms with Crippen molar-refractivity contribution >= 4 is 11.8 Å². The van der Waals surface area contributed by atoms with E-state index in [1.54, 1.807) is 0 Å². The SMILES string of the molecule is CCSc1ccc(C2NCC2(C)C)cc1. The van der Waals surface area contributed by atoms with Crippen molar-refractivity contribution in [1.29, 1.82) is 0 Å². The fraction of sp³-hybridized carbons (Fsp3) is 0.538. The van der Waals surface area contributed by atoms with Crippen molar-refractivity contribution < 1.29 is 0 Å². The minimum atomic E-state index is 0.416.